The lowest BCUT2D eigenvalue weighted by Gasteiger charge is -2.44. The van der Waals surface area contributed by atoms with Crippen LogP contribution in [0, 0.1) is 0 Å². The number of hydrogen-bond acceptors (Lipinski definition) is 5. The molecule has 0 radical (unpaired) electrons. The summed E-state index contributed by atoms with van der Waals surface area (Å²) in [5, 5.41) is 3.60. The Bertz CT molecular complexity index is 480. The molecule has 0 amide bonds. The monoisotopic (exact) mass is 349 g/mol. The zero-order chi connectivity index (χ0) is 17.6. The smallest absolute Gasteiger partial charge is 0.305 e. The number of unbranched alkanes of at least 4 members (excludes halogenated alkanes) is 3. The molecule has 5 nitrogen and oxygen atoms in total. The summed E-state index contributed by atoms with van der Waals surface area (Å²) in [6.45, 7) is 4.99. The number of nitrogens with one attached hydrogen (secondary N) is 1. The SMILES string of the molecule is CCCCCC(=O)OCCCC[C@H]1C[C@H]2CC[C@H]3C[C@@H](C)NC(=N1)N23. The Labute approximate surface area is 152 Å². The van der Waals surface area contributed by atoms with Crippen molar-refractivity contribution in [1.29, 1.82) is 0 Å². The maximum Gasteiger partial charge on any atom is 0.305 e. The molecule has 0 bridgehead atoms. The van der Waals surface area contributed by atoms with Crippen LogP contribution in [0.25, 0.3) is 0 Å². The second-order valence-electron chi connectivity index (χ2n) is 8.09. The van der Waals surface area contributed by atoms with Crippen molar-refractivity contribution in [2.24, 2.45) is 4.99 Å². The van der Waals surface area contributed by atoms with Gasteiger partial charge < -0.3 is 15.0 Å². The summed E-state index contributed by atoms with van der Waals surface area (Å²) in [6, 6.07) is 2.39. The van der Waals surface area contributed by atoms with Crippen molar-refractivity contribution < 1.29 is 9.53 Å². The molecule has 0 aromatic heterocycles. The van der Waals surface area contributed by atoms with Crippen molar-refractivity contribution in [3.63, 3.8) is 0 Å². The Morgan fingerprint density at radius 1 is 1.20 bits per heavy atom. The average molecular weight is 350 g/mol. The molecule has 0 aromatic rings. The minimum atomic E-state index is -0.0283. The molecule has 3 aliphatic heterocycles. The van der Waals surface area contributed by atoms with Crippen LogP contribution in [-0.2, 0) is 9.53 Å². The molecule has 1 N–H and O–H groups in total. The van der Waals surface area contributed by atoms with Crippen LogP contribution in [0.1, 0.15) is 84.5 Å². The number of hydrogen-bond donors (Lipinski definition) is 1. The first-order valence-electron chi connectivity index (χ1n) is 10.5. The lowest BCUT2D eigenvalue weighted by Crippen LogP contribution is -2.59. The van der Waals surface area contributed by atoms with Crippen LogP contribution < -0.4 is 5.32 Å². The van der Waals surface area contributed by atoms with Crippen LogP contribution in [0.3, 0.4) is 0 Å². The van der Waals surface area contributed by atoms with Gasteiger partial charge >= 0.3 is 5.97 Å². The van der Waals surface area contributed by atoms with Crippen molar-refractivity contribution in [3.8, 4) is 0 Å². The summed E-state index contributed by atoms with van der Waals surface area (Å²) in [5.41, 5.74) is 0. The molecule has 0 saturated carbocycles. The van der Waals surface area contributed by atoms with Crippen LogP contribution in [0.4, 0.5) is 0 Å². The van der Waals surface area contributed by atoms with E-state index in [0.29, 0.717) is 37.2 Å². The first kappa shape index (κ1) is 18.5. The molecule has 3 aliphatic rings. The van der Waals surface area contributed by atoms with Crippen LogP contribution in [-0.4, -0.2) is 47.6 Å². The zero-order valence-electron chi connectivity index (χ0n) is 16.0. The van der Waals surface area contributed by atoms with Crippen molar-refractivity contribution in [2.45, 2.75) is 109 Å². The van der Waals surface area contributed by atoms with Gasteiger partial charge in [-0.05, 0) is 58.3 Å². The fourth-order valence-electron chi connectivity index (χ4n) is 4.62. The number of carbonyl (C=O) groups is 1. The minimum Gasteiger partial charge on any atom is -0.466 e. The number of rotatable bonds is 9. The fourth-order valence-corrected chi connectivity index (χ4v) is 4.62. The highest BCUT2D eigenvalue weighted by Gasteiger charge is 2.43. The van der Waals surface area contributed by atoms with Crippen LogP contribution in [0.2, 0.25) is 0 Å². The summed E-state index contributed by atoms with van der Waals surface area (Å²) in [7, 11) is 0. The predicted octanol–water partition coefficient (Wildman–Crippen LogP) is 3.62. The van der Waals surface area contributed by atoms with E-state index in [-0.39, 0.29) is 5.97 Å². The van der Waals surface area contributed by atoms with Crippen LogP contribution in [0.5, 0.6) is 0 Å². The molecule has 0 aromatic carbocycles. The Morgan fingerprint density at radius 2 is 2.00 bits per heavy atom. The Hall–Kier alpha value is -1.26. The Morgan fingerprint density at radius 3 is 2.80 bits per heavy atom. The maximum absolute atomic E-state index is 11.6. The van der Waals surface area contributed by atoms with E-state index in [9.17, 15) is 4.79 Å². The highest BCUT2D eigenvalue weighted by molar-refractivity contribution is 5.83. The van der Waals surface area contributed by atoms with E-state index in [2.05, 4.69) is 24.1 Å². The van der Waals surface area contributed by atoms with Gasteiger partial charge in [-0.1, -0.05) is 19.8 Å². The molecular formula is C20H35N3O2. The number of esters is 1. The van der Waals surface area contributed by atoms with Gasteiger partial charge in [-0.2, -0.15) is 0 Å². The highest BCUT2D eigenvalue weighted by atomic mass is 16.5. The molecule has 3 rings (SSSR count). The molecule has 4 atom stereocenters. The van der Waals surface area contributed by atoms with E-state index in [0.717, 1.165) is 44.5 Å². The van der Waals surface area contributed by atoms with E-state index < -0.39 is 0 Å². The van der Waals surface area contributed by atoms with Gasteiger partial charge in [0.05, 0.1) is 12.6 Å². The maximum atomic E-state index is 11.6. The quantitative estimate of drug-likeness (QED) is 0.510. The van der Waals surface area contributed by atoms with Crippen molar-refractivity contribution in [2.75, 3.05) is 6.61 Å². The van der Waals surface area contributed by atoms with Gasteiger partial charge in [-0.25, -0.2) is 4.99 Å². The van der Waals surface area contributed by atoms with Gasteiger partial charge in [-0.15, -0.1) is 0 Å². The topological polar surface area (TPSA) is 53.9 Å². The lowest BCUT2D eigenvalue weighted by molar-refractivity contribution is -0.143. The summed E-state index contributed by atoms with van der Waals surface area (Å²) >= 11 is 0. The fraction of sp³-hybridized carbons (Fsp3) is 0.900. The third-order valence-electron chi connectivity index (χ3n) is 5.89. The molecule has 5 heteroatoms. The molecule has 142 valence electrons. The molecule has 0 unspecified atom stereocenters. The number of nitrogens with zero attached hydrogens (tertiary/aromatic N) is 2. The number of carbonyl (C=O) groups excluding carboxylic acids is 1. The third-order valence-corrected chi connectivity index (χ3v) is 5.89. The molecule has 2 fully saturated rings. The van der Waals surface area contributed by atoms with Gasteiger partial charge in [0.2, 0.25) is 0 Å². The zero-order valence-corrected chi connectivity index (χ0v) is 16.0. The van der Waals surface area contributed by atoms with Crippen LogP contribution in [0.15, 0.2) is 4.99 Å². The summed E-state index contributed by atoms with van der Waals surface area (Å²) < 4.78 is 5.33. The van der Waals surface area contributed by atoms with E-state index in [4.69, 9.17) is 9.73 Å². The first-order chi connectivity index (χ1) is 12.2. The van der Waals surface area contributed by atoms with Crippen molar-refractivity contribution in [1.82, 2.24) is 10.2 Å². The molecule has 3 heterocycles. The van der Waals surface area contributed by atoms with Gasteiger partial charge in [0.15, 0.2) is 5.96 Å². The molecule has 25 heavy (non-hydrogen) atoms. The average Bonchev–Trinajstić information content (AvgIpc) is 2.98. The van der Waals surface area contributed by atoms with Gasteiger partial charge in [0.25, 0.3) is 0 Å². The second kappa shape index (κ2) is 8.91. The molecule has 2 saturated heterocycles. The normalized spacial score (nSPS) is 30.5. The van der Waals surface area contributed by atoms with Crippen LogP contribution >= 0.6 is 0 Å². The van der Waals surface area contributed by atoms with E-state index in [1.54, 1.807) is 0 Å². The summed E-state index contributed by atoms with van der Waals surface area (Å²) in [5.74, 6) is 1.13. The molecule has 0 aliphatic carbocycles. The molecular weight excluding hydrogens is 314 g/mol. The third kappa shape index (κ3) is 4.89. The number of aliphatic imine (C=N–C) groups is 1. The van der Waals surface area contributed by atoms with Gasteiger partial charge in [0.1, 0.15) is 0 Å². The van der Waals surface area contributed by atoms with Crippen molar-refractivity contribution >= 4 is 11.9 Å². The first-order valence-corrected chi connectivity index (χ1v) is 10.5. The van der Waals surface area contributed by atoms with E-state index >= 15 is 0 Å². The van der Waals surface area contributed by atoms with E-state index in [1.807, 2.05) is 0 Å². The summed E-state index contributed by atoms with van der Waals surface area (Å²) in [6.07, 6.45) is 12.1. The van der Waals surface area contributed by atoms with Crippen molar-refractivity contribution in [3.05, 3.63) is 0 Å². The standard InChI is InChI=1S/C20H35N3O2/c1-3-4-5-9-19(24)25-12-7-6-8-16-14-18-11-10-17-13-15(2)21-20(22-16)23(17)18/h15-18H,3-14H2,1-2H3,(H,21,22)/t15-,16+,17+,18-/m1/s1. The Balaban J connectivity index is 1.35. The van der Waals surface area contributed by atoms with Gasteiger partial charge in [-0.3, -0.25) is 4.79 Å². The van der Waals surface area contributed by atoms with E-state index in [1.165, 1.54) is 25.7 Å². The predicted molar refractivity (Wildman–Crippen MR) is 101 cm³/mol. The lowest BCUT2D eigenvalue weighted by atomic mass is 9.98. The Kier molecular flexibility index (Phi) is 6.60. The highest BCUT2D eigenvalue weighted by Crippen LogP contribution is 2.36. The molecule has 0 spiro atoms. The second-order valence-corrected chi connectivity index (χ2v) is 8.09. The number of guanidine groups is 1. The summed E-state index contributed by atoms with van der Waals surface area (Å²) in [4.78, 5) is 19.2. The minimum absolute atomic E-state index is 0.0283. The largest absolute Gasteiger partial charge is 0.466 e. The van der Waals surface area contributed by atoms with Gasteiger partial charge in [0, 0.05) is 24.5 Å². The number of ether oxygens (including phenoxy) is 1.